The Morgan fingerprint density at radius 2 is 2.10 bits per heavy atom. The minimum Gasteiger partial charge on any atom is -0.444 e. The standard InChI is InChI=1S/C22H25N5O2S/c1-15-3-5-16(6-4-15)21-26-18(14-29-21)11-24-22(23-2)25-12-20(28)27-9-7-19-17(13-27)8-10-30-19/h3-6,8,10,14H,7,9,11-13H2,1-2H3,(H2,23,24,25). The normalized spacial score (nSPS) is 13.8. The van der Waals surface area contributed by atoms with Gasteiger partial charge in [-0.15, -0.1) is 11.3 Å². The summed E-state index contributed by atoms with van der Waals surface area (Å²) < 4.78 is 5.58. The molecule has 0 atom stereocenters. The van der Waals surface area contributed by atoms with Gasteiger partial charge in [0, 0.05) is 30.6 Å². The van der Waals surface area contributed by atoms with Crippen LogP contribution in [0.3, 0.4) is 0 Å². The fourth-order valence-corrected chi connectivity index (χ4v) is 4.23. The van der Waals surface area contributed by atoms with Gasteiger partial charge in [-0.25, -0.2) is 4.98 Å². The Morgan fingerprint density at radius 1 is 1.27 bits per heavy atom. The largest absolute Gasteiger partial charge is 0.444 e. The Morgan fingerprint density at radius 3 is 2.90 bits per heavy atom. The third-order valence-corrected chi connectivity index (χ3v) is 6.10. The minimum absolute atomic E-state index is 0.0675. The number of amides is 1. The average Bonchev–Trinajstić information content (AvgIpc) is 3.43. The van der Waals surface area contributed by atoms with Crippen molar-refractivity contribution < 1.29 is 9.21 Å². The summed E-state index contributed by atoms with van der Waals surface area (Å²) in [6.07, 6.45) is 2.56. The molecular formula is C22H25N5O2S. The predicted molar refractivity (Wildman–Crippen MR) is 118 cm³/mol. The fourth-order valence-electron chi connectivity index (χ4n) is 3.34. The maximum atomic E-state index is 12.6. The van der Waals surface area contributed by atoms with Gasteiger partial charge in [0.2, 0.25) is 11.8 Å². The van der Waals surface area contributed by atoms with Gasteiger partial charge in [0.25, 0.3) is 0 Å². The van der Waals surface area contributed by atoms with Crippen LogP contribution < -0.4 is 10.6 Å². The Bertz CT molecular complexity index is 1040. The van der Waals surface area contributed by atoms with Gasteiger partial charge in [0.1, 0.15) is 6.26 Å². The highest BCUT2D eigenvalue weighted by atomic mass is 32.1. The van der Waals surface area contributed by atoms with Crippen LogP contribution in [0, 0.1) is 6.92 Å². The van der Waals surface area contributed by atoms with E-state index in [1.54, 1.807) is 24.6 Å². The van der Waals surface area contributed by atoms with Crippen LogP contribution in [0.15, 0.2) is 51.4 Å². The minimum atomic E-state index is 0.0675. The fraction of sp³-hybridized carbons (Fsp3) is 0.318. The maximum Gasteiger partial charge on any atom is 0.242 e. The molecule has 2 aromatic heterocycles. The summed E-state index contributed by atoms with van der Waals surface area (Å²) in [6, 6.07) is 10.1. The van der Waals surface area contributed by atoms with Crippen molar-refractivity contribution in [2.24, 2.45) is 4.99 Å². The number of aromatic nitrogens is 1. The number of nitrogens with zero attached hydrogens (tertiary/aromatic N) is 3. The molecule has 8 heteroatoms. The lowest BCUT2D eigenvalue weighted by molar-refractivity contribution is -0.130. The Labute approximate surface area is 179 Å². The van der Waals surface area contributed by atoms with Crippen molar-refractivity contribution in [1.82, 2.24) is 20.5 Å². The molecule has 2 N–H and O–H groups in total. The number of carbonyl (C=O) groups excluding carboxylic acids is 1. The molecule has 0 radical (unpaired) electrons. The molecule has 0 aliphatic carbocycles. The quantitative estimate of drug-likeness (QED) is 0.487. The second kappa shape index (κ2) is 9.13. The van der Waals surface area contributed by atoms with Crippen LogP contribution in [-0.2, 0) is 24.3 Å². The Balaban J connectivity index is 1.26. The molecule has 0 unspecified atom stereocenters. The van der Waals surface area contributed by atoms with E-state index in [1.807, 2.05) is 36.1 Å². The first-order valence-electron chi connectivity index (χ1n) is 9.91. The molecule has 7 nitrogen and oxygen atoms in total. The summed E-state index contributed by atoms with van der Waals surface area (Å²) in [6.45, 7) is 4.15. The van der Waals surface area contributed by atoms with Crippen molar-refractivity contribution >= 4 is 23.2 Å². The van der Waals surface area contributed by atoms with Crippen molar-refractivity contribution in [3.8, 4) is 11.5 Å². The SMILES string of the molecule is CN=C(NCC(=O)N1CCc2sccc2C1)NCc1coc(-c2ccc(C)cc2)n1. The molecule has 0 saturated heterocycles. The summed E-state index contributed by atoms with van der Waals surface area (Å²) in [5.41, 5.74) is 4.16. The smallest absolute Gasteiger partial charge is 0.242 e. The molecule has 0 fully saturated rings. The number of rotatable bonds is 5. The van der Waals surface area contributed by atoms with Crippen LogP contribution in [0.25, 0.3) is 11.5 Å². The van der Waals surface area contributed by atoms with Crippen LogP contribution in [-0.4, -0.2) is 41.9 Å². The molecule has 1 aliphatic heterocycles. The number of nitrogens with one attached hydrogen (secondary N) is 2. The first kappa shape index (κ1) is 20.2. The van der Waals surface area contributed by atoms with Gasteiger partial charge >= 0.3 is 0 Å². The maximum absolute atomic E-state index is 12.6. The van der Waals surface area contributed by atoms with Crippen LogP contribution >= 0.6 is 11.3 Å². The van der Waals surface area contributed by atoms with Gasteiger partial charge in [-0.1, -0.05) is 17.7 Å². The number of thiophene rings is 1. The van der Waals surface area contributed by atoms with Crippen molar-refractivity contribution in [2.75, 3.05) is 20.1 Å². The van der Waals surface area contributed by atoms with Gasteiger partial charge in [-0.3, -0.25) is 9.79 Å². The van der Waals surface area contributed by atoms with E-state index in [4.69, 9.17) is 4.42 Å². The number of hydrogen-bond donors (Lipinski definition) is 2. The van der Waals surface area contributed by atoms with Gasteiger partial charge in [-0.2, -0.15) is 0 Å². The molecular weight excluding hydrogens is 398 g/mol. The molecule has 4 rings (SSSR count). The Kier molecular flexibility index (Phi) is 6.13. The summed E-state index contributed by atoms with van der Waals surface area (Å²) in [5.74, 6) is 1.21. The first-order chi connectivity index (χ1) is 14.6. The number of hydrogen-bond acceptors (Lipinski definition) is 5. The zero-order valence-electron chi connectivity index (χ0n) is 17.1. The molecule has 1 aromatic carbocycles. The van der Waals surface area contributed by atoms with Gasteiger partial charge in [0.05, 0.1) is 18.8 Å². The highest BCUT2D eigenvalue weighted by molar-refractivity contribution is 7.10. The number of carbonyl (C=O) groups is 1. The van der Waals surface area contributed by atoms with Crippen LogP contribution in [0.2, 0.25) is 0 Å². The zero-order chi connectivity index (χ0) is 20.9. The van der Waals surface area contributed by atoms with E-state index in [0.717, 1.165) is 24.2 Å². The van der Waals surface area contributed by atoms with Crippen molar-refractivity contribution in [1.29, 1.82) is 0 Å². The molecule has 0 spiro atoms. The van der Waals surface area contributed by atoms with Crippen molar-refractivity contribution in [3.05, 3.63) is 63.7 Å². The lowest BCUT2D eigenvalue weighted by Crippen LogP contribution is -2.45. The highest BCUT2D eigenvalue weighted by Gasteiger charge is 2.21. The molecule has 156 valence electrons. The monoisotopic (exact) mass is 423 g/mol. The number of aryl methyl sites for hydroxylation is 1. The lowest BCUT2D eigenvalue weighted by Gasteiger charge is -2.27. The third kappa shape index (κ3) is 4.71. The van der Waals surface area contributed by atoms with E-state index in [2.05, 4.69) is 32.1 Å². The lowest BCUT2D eigenvalue weighted by atomic mass is 10.1. The van der Waals surface area contributed by atoms with Crippen LogP contribution in [0.5, 0.6) is 0 Å². The second-order valence-electron chi connectivity index (χ2n) is 7.22. The first-order valence-corrected chi connectivity index (χ1v) is 10.8. The van der Waals surface area contributed by atoms with E-state index in [-0.39, 0.29) is 12.5 Å². The van der Waals surface area contributed by atoms with Crippen LogP contribution in [0.4, 0.5) is 0 Å². The topological polar surface area (TPSA) is 82.8 Å². The highest BCUT2D eigenvalue weighted by Crippen LogP contribution is 2.24. The summed E-state index contributed by atoms with van der Waals surface area (Å²) in [4.78, 5) is 24.6. The molecule has 0 saturated carbocycles. The molecule has 0 bridgehead atoms. The zero-order valence-corrected chi connectivity index (χ0v) is 18.0. The average molecular weight is 424 g/mol. The predicted octanol–water partition coefficient (Wildman–Crippen LogP) is 2.96. The number of benzene rings is 1. The number of oxazole rings is 1. The molecule has 3 heterocycles. The van der Waals surface area contributed by atoms with Gasteiger partial charge < -0.3 is 20.0 Å². The molecule has 30 heavy (non-hydrogen) atoms. The third-order valence-electron chi connectivity index (χ3n) is 5.08. The van der Waals surface area contributed by atoms with E-state index < -0.39 is 0 Å². The van der Waals surface area contributed by atoms with E-state index in [0.29, 0.717) is 24.9 Å². The molecule has 1 aliphatic rings. The Hall–Kier alpha value is -3.13. The van der Waals surface area contributed by atoms with E-state index >= 15 is 0 Å². The van der Waals surface area contributed by atoms with E-state index in [9.17, 15) is 4.79 Å². The molecule has 1 amide bonds. The second-order valence-corrected chi connectivity index (χ2v) is 8.22. The number of guanidine groups is 1. The van der Waals surface area contributed by atoms with Gasteiger partial charge in [-0.05, 0) is 42.5 Å². The van der Waals surface area contributed by atoms with E-state index in [1.165, 1.54) is 16.0 Å². The molecule has 3 aromatic rings. The van der Waals surface area contributed by atoms with Crippen LogP contribution in [0.1, 0.15) is 21.7 Å². The summed E-state index contributed by atoms with van der Waals surface area (Å²) in [5, 5.41) is 8.36. The summed E-state index contributed by atoms with van der Waals surface area (Å²) >= 11 is 1.77. The van der Waals surface area contributed by atoms with Gasteiger partial charge in [0.15, 0.2) is 5.96 Å². The summed E-state index contributed by atoms with van der Waals surface area (Å²) in [7, 11) is 1.68. The number of aliphatic imine (C=N–C) groups is 1. The van der Waals surface area contributed by atoms with Crippen molar-refractivity contribution in [3.63, 3.8) is 0 Å². The number of fused-ring (bicyclic) bond motifs is 1. The van der Waals surface area contributed by atoms with Crippen molar-refractivity contribution in [2.45, 2.75) is 26.4 Å².